The molecule has 0 aromatic heterocycles. The normalized spacial score (nSPS) is 19.9. The molecule has 14 heavy (non-hydrogen) atoms. The van der Waals surface area contributed by atoms with Crippen LogP contribution in [0.5, 0.6) is 0 Å². The average Bonchev–Trinajstić information content (AvgIpc) is 2.19. The highest BCUT2D eigenvalue weighted by Gasteiger charge is 2.19. The summed E-state index contributed by atoms with van der Waals surface area (Å²) in [5.74, 6) is 2.66. The lowest BCUT2D eigenvalue weighted by atomic mass is 10.0. The summed E-state index contributed by atoms with van der Waals surface area (Å²) in [6, 6.07) is 1.39. The summed E-state index contributed by atoms with van der Waals surface area (Å²) >= 11 is 0. The molecule has 1 saturated heterocycles. The van der Waals surface area contributed by atoms with Gasteiger partial charge in [-0.05, 0) is 39.8 Å². The van der Waals surface area contributed by atoms with Gasteiger partial charge in [0.15, 0.2) is 0 Å². The first kappa shape index (κ1) is 11.6. The molecule has 0 aromatic carbocycles. The zero-order valence-corrected chi connectivity index (χ0v) is 9.42. The van der Waals surface area contributed by atoms with Gasteiger partial charge in [0.2, 0.25) is 0 Å². The number of piperidine rings is 1. The second-order valence-corrected chi connectivity index (χ2v) is 4.31. The minimum Gasteiger partial charge on any atom is -0.313 e. The van der Waals surface area contributed by atoms with E-state index in [1.807, 2.05) is 0 Å². The van der Waals surface area contributed by atoms with Crippen molar-refractivity contribution in [3.05, 3.63) is 0 Å². The molecule has 1 aliphatic rings. The van der Waals surface area contributed by atoms with E-state index in [4.69, 9.17) is 6.42 Å². The van der Waals surface area contributed by atoms with Gasteiger partial charge < -0.3 is 10.2 Å². The van der Waals surface area contributed by atoms with E-state index < -0.39 is 0 Å². The molecule has 2 nitrogen and oxygen atoms in total. The van der Waals surface area contributed by atoms with Crippen LogP contribution in [0.3, 0.4) is 0 Å². The van der Waals surface area contributed by atoms with Gasteiger partial charge in [-0.25, -0.2) is 0 Å². The predicted molar refractivity (Wildman–Crippen MR) is 61.2 cm³/mol. The van der Waals surface area contributed by atoms with Crippen LogP contribution in [0.15, 0.2) is 0 Å². The van der Waals surface area contributed by atoms with Crippen molar-refractivity contribution < 1.29 is 0 Å². The van der Waals surface area contributed by atoms with E-state index in [0.717, 1.165) is 13.0 Å². The Morgan fingerprint density at radius 1 is 1.43 bits per heavy atom. The summed E-state index contributed by atoms with van der Waals surface area (Å²) in [5.41, 5.74) is 0. The molecular weight excluding hydrogens is 172 g/mol. The summed E-state index contributed by atoms with van der Waals surface area (Å²) in [4.78, 5) is 2.54. The maximum absolute atomic E-state index is 5.21. The van der Waals surface area contributed by atoms with Crippen molar-refractivity contribution >= 4 is 0 Å². The molecule has 2 heteroatoms. The molecule has 0 saturated carbocycles. The molecule has 0 spiro atoms. The molecule has 80 valence electrons. The lowest BCUT2D eigenvalue weighted by Crippen LogP contribution is -2.45. The Balaban J connectivity index is 2.13. The molecular formula is C12H22N2. The Morgan fingerprint density at radius 2 is 2.07 bits per heavy atom. The Morgan fingerprint density at radius 3 is 2.57 bits per heavy atom. The lowest BCUT2D eigenvalue weighted by Gasteiger charge is -2.34. The van der Waals surface area contributed by atoms with Gasteiger partial charge in [-0.1, -0.05) is 0 Å². The van der Waals surface area contributed by atoms with E-state index in [0.29, 0.717) is 12.1 Å². The van der Waals surface area contributed by atoms with Gasteiger partial charge in [-0.2, -0.15) is 0 Å². The number of nitrogens with zero attached hydrogens (tertiary/aromatic N) is 1. The quantitative estimate of drug-likeness (QED) is 0.538. The second kappa shape index (κ2) is 6.06. The molecule has 1 N–H and O–H groups in total. The molecule has 0 radical (unpaired) electrons. The molecule has 0 bridgehead atoms. The molecule has 1 heterocycles. The van der Waals surface area contributed by atoms with E-state index in [-0.39, 0.29) is 0 Å². The van der Waals surface area contributed by atoms with Crippen molar-refractivity contribution in [2.75, 3.05) is 19.6 Å². The minimum absolute atomic E-state index is 0.693. The van der Waals surface area contributed by atoms with E-state index in [2.05, 4.69) is 30.0 Å². The summed E-state index contributed by atoms with van der Waals surface area (Å²) < 4.78 is 0. The van der Waals surface area contributed by atoms with Crippen molar-refractivity contribution in [1.29, 1.82) is 0 Å². The maximum atomic E-state index is 5.21. The summed E-state index contributed by atoms with van der Waals surface area (Å²) in [6.45, 7) is 7.97. The first-order chi connectivity index (χ1) is 6.74. The van der Waals surface area contributed by atoms with E-state index in [1.54, 1.807) is 0 Å². The first-order valence-electron chi connectivity index (χ1n) is 5.65. The third kappa shape index (κ3) is 3.69. The summed E-state index contributed by atoms with van der Waals surface area (Å²) in [6.07, 6.45) is 8.59. The molecule has 1 fully saturated rings. The van der Waals surface area contributed by atoms with Crippen LogP contribution in [0.1, 0.15) is 33.1 Å². The van der Waals surface area contributed by atoms with Crippen LogP contribution in [-0.4, -0.2) is 36.6 Å². The van der Waals surface area contributed by atoms with Crippen molar-refractivity contribution in [3.8, 4) is 12.3 Å². The molecule has 0 amide bonds. The van der Waals surface area contributed by atoms with E-state index in [1.165, 1.54) is 25.9 Å². The van der Waals surface area contributed by atoms with Crippen LogP contribution in [0.4, 0.5) is 0 Å². The monoisotopic (exact) mass is 194 g/mol. The average molecular weight is 194 g/mol. The number of hydrogen-bond acceptors (Lipinski definition) is 2. The number of terminal acetylenes is 1. The van der Waals surface area contributed by atoms with Gasteiger partial charge in [0.05, 0.1) is 0 Å². The molecule has 0 aromatic rings. The summed E-state index contributed by atoms with van der Waals surface area (Å²) in [7, 11) is 0. The smallest absolute Gasteiger partial charge is 0.0211 e. The molecule has 1 aliphatic heterocycles. The highest BCUT2D eigenvalue weighted by molar-refractivity contribution is 4.86. The van der Waals surface area contributed by atoms with Gasteiger partial charge in [-0.15, -0.1) is 12.3 Å². The van der Waals surface area contributed by atoms with Gasteiger partial charge in [0, 0.05) is 25.0 Å². The minimum atomic E-state index is 0.693. The standard InChI is InChI=1S/C12H22N2/c1-4-5-8-13-12-6-9-14(10-7-12)11(2)3/h1,11-13H,5-10H2,2-3H3. The maximum Gasteiger partial charge on any atom is 0.0211 e. The van der Waals surface area contributed by atoms with Gasteiger partial charge in [0.25, 0.3) is 0 Å². The highest BCUT2D eigenvalue weighted by atomic mass is 15.2. The fourth-order valence-electron chi connectivity index (χ4n) is 1.97. The van der Waals surface area contributed by atoms with Crippen molar-refractivity contribution in [1.82, 2.24) is 10.2 Å². The Labute approximate surface area is 88.1 Å². The van der Waals surface area contributed by atoms with Gasteiger partial charge in [-0.3, -0.25) is 0 Å². The van der Waals surface area contributed by atoms with E-state index >= 15 is 0 Å². The Hall–Kier alpha value is -0.520. The van der Waals surface area contributed by atoms with Crippen molar-refractivity contribution in [2.45, 2.75) is 45.2 Å². The highest BCUT2D eigenvalue weighted by Crippen LogP contribution is 2.12. The molecule has 0 aliphatic carbocycles. The van der Waals surface area contributed by atoms with Crippen LogP contribution >= 0.6 is 0 Å². The topological polar surface area (TPSA) is 15.3 Å². The first-order valence-corrected chi connectivity index (χ1v) is 5.65. The van der Waals surface area contributed by atoms with Crippen LogP contribution < -0.4 is 5.32 Å². The zero-order chi connectivity index (χ0) is 10.4. The third-order valence-corrected chi connectivity index (χ3v) is 2.96. The van der Waals surface area contributed by atoms with Gasteiger partial charge >= 0.3 is 0 Å². The number of likely N-dealkylation sites (tertiary alicyclic amines) is 1. The van der Waals surface area contributed by atoms with Crippen LogP contribution in [0.2, 0.25) is 0 Å². The fourth-order valence-corrected chi connectivity index (χ4v) is 1.97. The van der Waals surface area contributed by atoms with Gasteiger partial charge in [0.1, 0.15) is 0 Å². The van der Waals surface area contributed by atoms with Crippen molar-refractivity contribution in [3.63, 3.8) is 0 Å². The Bertz CT molecular complexity index is 185. The zero-order valence-electron chi connectivity index (χ0n) is 9.42. The summed E-state index contributed by atoms with van der Waals surface area (Å²) in [5, 5.41) is 3.51. The van der Waals surface area contributed by atoms with E-state index in [9.17, 15) is 0 Å². The van der Waals surface area contributed by atoms with Crippen LogP contribution in [0, 0.1) is 12.3 Å². The van der Waals surface area contributed by atoms with Crippen LogP contribution in [0.25, 0.3) is 0 Å². The number of rotatable bonds is 4. The molecule has 0 atom stereocenters. The molecule has 0 unspecified atom stereocenters. The van der Waals surface area contributed by atoms with Crippen molar-refractivity contribution in [2.24, 2.45) is 0 Å². The SMILES string of the molecule is C#CCCNC1CCN(C(C)C)CC1. The third-order valence-electron chi connectivity index (χ3n) is 2.96. The van der Waals surface area contributed by atoms with Crippen LogP contribution in [-0.2, 0) is 0 Å². The molecule has 1 rings (SSSR count). The fraction of sp³-hybridized carbons (Fsp3) is 0.833. The Kier molecular flexibility index (Phi) is 5.00. The largest absolute Gasteiger partial charge is 0.313 e. The lowest BCUT2D eigenvalue weighted by molar-refractivity contribution is 0.162. The number of hydrogen-bond donors (Lipinski definition) is 1. The predicted octanol–water partition coefficient (Wildman–Crippen LogP) is 1.47. The number of nitrogens with one attached hydrogen (secondary N) is 1. The second-order valence-electron chi connectivity index (χ2n) is 4.31.